The number of aliphatic carboxylic acids is 1. The van der Waals surface area contributed by atoms with Crippen LogP contribution in [0.5, 0.6) is 0 Å². The standard InChI is InChI=1S/C9H13NO2/c1-4-5-10(6-8(2)3)7-9(11)12/h1H,2,5-7H2,3H3,(H,11,12). The molecule has 0 rings (SSSR count). The molecule has 0 saturated heterocycles. The molecule has 12 heavy (non-hydrogen) atoms. The van der Waals surface area contributed by atoms with Crippen LogP contribution in [0.25, 0.3) is 0 Å². The van der Waals surface area contributed by atoms with Crippen molar-refractivity contribution in [1.82, 2.24) is 4.90 Å². The molecule has 0 fully saturated rings. The van der Waals surface area contributed by atoms with Crippen molar-refractivity contribution in [3.63, 3.8) is 0 Å². The van der Waals surface area contributed by atoms with E-state index in [2.05, 4.69) is 12.5 Å². The first-order valence-electron chi connectivity index (χ1n) is 3.58. The van der Waals surface area contributed by atoms with Crippen LogP contribution < -0.4 is 0 Å². The summed E-state index contributed by atoms with van der Waals surface area (Å²) in [6.45, 7) is 6.37. The first kappa shape index (κ1) is 10.7. The Morgan fingerprint density at radius 3 is 2.58 bits per heavy atom. The molecule has 0 heterocycles. The van der Waals surface area contributed by atoms with Gasteiger partial charge in [0.1, 0.15) is 0 Å². The maximum Gasteiger partial charge on any atom is 0.317 e. The van der Waals surface area contributed by atoms with E-state index >= 15 is 0 Å². The predicted molar refractivity (Wildman–Crippen MR) is 47.7 cm³/mol. The molecule has 0 amide bonds. The molecule has 3 heteroatoms. The molecule has 0 aromatic rings. The molecule has 0 spiro atoms. The summed E-state index contributed by atoms with van der Waals surface area (Å²) in [4.78, 5) is 12.0. The van der Waals surface area contributed by atoms with Gasteiger partial charge in [-0.25, -0.2) is 0 Å². The van der Waals surface area contributed by atoms with Crippen molar-refractivity contribution >= 4 is 5.97 Å². The number of hydrogen-bond acceptors (Lipinski definition) is 2. The first-order chi connectivity index (χ1) is 5.56. The van der Waals surface area contributed by atoms with Crippen molar-refractivity contribution in [3.05, 3.63) is 12.2 Å². The number of nitrogens with zero attached hydrogens (tertiary/aromatic N) is 1. The smallest absolute Gasteiger partial charge is 0.317 e. The summed E-state index contributed by atoms with van der Waals surface area (Å²) < 4.78 is 0. The molecule has 0 atom stereocenters. The van der Waals surface area contributed by atoms with E-state index in [0.717, 1.165) is 5.57 Å². The summed E-state index contributed by atoms with van der Waals surface area (Å²) in [6, 6.07) is 0. The highest BCUT2D eigenvalue weighted by molar-refractivity contribution is 5.69. The molecular weight excluding hydrogens is 154 g/mol. The van der Waals surface area contributed by atoms with Crippen LogP contribution in [0.1, 0.15) is 6.92 Å². The summed E-state index contributed by atoms with van der Waals surface area (Å²) in [5, 5.41) is 8.48. The van der Waals surface area contributed by atoms with Crippen LogP contribution in [-0.4, -0.2) is 35.6 Å². The Labute approximate surface area is 72.7 Å². The fraction of sp³-hybridized carbons (Fsp3) is 0.444. The number of terminal acetylenes is 1. The Balaban J connectivity index is 3.96. The molecule has 0 aliphatic heterocycles. The minimum atomic E-state index is -0.869. The van der Waals surface area contributed by atoms with Gasteiger partial charge in [0.15, 0.2) is 0 Å². The van der Waals surface area contributed by atoms with Crippen molar-refractivity contribution < 1.29 is 9.90 Å². The highest BCUT2D eigenvalue weighted by Crippen LogP contribution is 1.94. The third-order valence-corrected chi connectivity index (χ3v) is 1.17. The normalized spacial score (nSPS) is 9.42. The molecule has 0 aromatic carbocycles. The van der Waals surface area contributed by atoms with E-state index < -0.39 is 5.97 Å². The largest absolute Gasteiger partial charge is 0.480 e. The second-order valence-electron chi connectivity index (χ2n) is 2.70. The van der Waals surface area contributed by atoms with E-state index in [0.29, 0.717) is 13.1 Å². The van der Waals surface area contributed by atoms with Crippen molar-refractivity contribution in [3.8, 4) is 12.3 Å². The quantitative estimate of drug-likeness (QED) is 0.481. The van der Waals surface area contributed by atoms with Gasteiger partial charge in [-0.2, -0.15) is 0 Å². The molecule has 0 unspecified atom stereocenters. The lowest BCUT2D eigenvalue weighted by molar-refractivity contribution is -0.138. The topological polar surface area (TPSA) is 40.5 Å². The zero-order chi connectivity index (χ0) is 9.56. The lowest BCUT2D eigenvalue weighted by Crippen LogP contribution is -2.31. The van der Waals surface area contributed by atoms with Gasteiger partial charge in [-0.15, -0.1) is 6.42 Å². The van der Waals surface area contributed by atoms with Crippen LogP contribution in [0.3, 0.4) is 0 Å². The Bertz CT molecular complexity index is 199. The molecule has 66 valence electrons. The SMILES string of the molecule is C#CCN(CC(=C)C)CC(=O)O. The number of rotatable bonds is 5. The van der Waals surface area contributed by atoms with Crippen LogP contribution in [0.15, 0.2) is 12.2 Å². The van der Waals surface area contributed by atoms with Crippen molar-refractivity contribution in [2.24, 2.45) is 0 Å². The maximum atomic E-state index is 10.3. The Kier molecular flexibility index (Phi) is 4.82. The molecule has 0 saturated carbocycles. The van der Waals surface area contributed by atoms with Gasteiger partial charge in [-0.05, 0) is 6.92 Å². The van der Waals surface area contributed by atoms with Gasteiger partial charge >= 0.3 is 5.97 Å². The van der Waals surface area contributed by atoms with E-state index in [1.165, 1.54) is 0 Å². The molecule has 0 radical (unpaired) electrons. The highest BCUT2D eigenvalue weighted by atomic mass is 16.4. The van der Waals surface area contributed by atoms with Crippen LogP contribution in [-0.2, 0) is 4.79 Å². The van der Waals surface area contributed by atoms with Crippen LogP contribution in [0.2, 0.25) is 0 Å². The third-order valence-electron chi connectivity index (χ3n) is 1.17. The second-order valence-corrected chi connectivity index (χ2v) is 2.70. The Morgan fingerprint density at radius 1 is 1.67 bits per heavy atom. The lowest BCUT2D eigenvalue weighted by Gasteiger charge is -2.16. The minimum Gasteiger partial charge on any atom is -0.480 e. The van der Waals surface area contributed by atoms with Gasteiger partial charge in [0.2, 0.25) is 0 Å². The van der Waals surface area contributed by atoms with E-state index in [9.17, 15) is 4.79 Å². The maximum absolute atomic E-state index is 10.3. The van der Waals surface area contributed by atoms with Crippen molar-refractivity contribution in [2.75, 3.05) is 19.6 Å². The van der Waals surface area contributed by atoms with E-state index in [4.69, 9.17) is 11.5 Å². The van der Waals surface area contributed by atoms with Gasteiger partial charge in [0, 0.05) is 6.54 Å². The number of carbonyl (C=O) groups is 1. The van der Waals surface area contributed by atoms with E-state index in [1.54, 1.807) is 4.90 Å². The van der Waals surface area contributed by atoms with Crippen LogP contribution in [0.4, 0.5) is 0 Å². The number of hydrogen-bond donors (Lipinski definition) is 1. The first-order valence-corrected chi connectivity index (χ1v) is 3.58. The monoisotopic (exact) mass is 167 g/mol. The highest BCUT2D eigenvalue weighted by Gasteiger charge is 2.07. The molecular formula is C9H13NO2. The summed E-state index contributed by atoms with van der Waals surface area (Å²) in [7, 11) is 0. The van der Waals surface area contributed by atoms with Gasteiger partial charge < -0.3 is 5.11 Å². The second kappa shape index (κ2) is 5.39. The summed E-state index contributed by atoms with van der Waals surface area (Å²) >= 11 is 0. The zero-order valence-electron chi connectivity index (χ0n) is 7.21. The third kappa shape index (κ3) is 5.51. The average Bonchev–Trinajstić information content (AvgIpc) is 1.84. The van der Waals surface area contributed by atoms with Gasteiger partial charge in [-0.1, -0.05) is 18.1 Å². The molecule has 0 aromatic heterocycles. The van der Waals surface area contributed by atoms with Gasteiger partial charge in [0.25, 0.3) is 0 Å². The van der Waals surface area contributed by atoms with Gasteiger partial charge in [0.05, 0.1) is 13.1 Å². The summed E-state index contributed by atoms with van der Waals surface area (Å²) in [6.07, 6.45) is 5.07. The van der Waals surface area contributed by atoms with Crippen molar-refractivity contribution in [2.45, 2.75) is 6.92 Å². The fourth-order valence-electron chi connectivity index (χ4n) is 0.870. The Morgan fingerprint density at radius 2 is 2.25 bits per heavy atom. The number of carboxylic acid groups (broad SMARTS) is 1. The van der Waals surface area contributed by atoms with Crippen LogP contribution >= 0.6 is 0 Å². The average molecular weight is 167 g/mol. The van der Waals surface area contributed by atoms with Gasteiger partial charge in [-0.3, -0.25) is 9.69 Å². The zero-order valence-corrected chi connectivity index (χ0v) is 7.21. The fourth-order valence-corrected chi connectivity index (χ4v) is 0.870. The molecule has 0 aliphatic rings. The summed E-state index contributed by atoms with van der Waals surface area (Å²) in [5.74, 6) is 1.53. The molecule has 0 bridgehead atoms. The van der Waals surface area contributed by atoms with Crippen molar-refractivity contribution in [1.29, 1.82) is 0 Å². The predicted octanol–water partition coefficient (Wildman–Crippen LogP) is 0.582. The number of carboxylic acids is 1. The molecule has 1 N–H and O–H groups in total. The molecule has 3 nitrogen and oxygen atoms in total. The minimum absolute atomic E-state index is 0.0307. The summed E-state index contributed by atoms with van der Waals surface area (Å²) in [5.41, 5.74) is 0.909. The Hall–Kier alpha value is -1.27. The van der Waals surface area contributed by atoms with Crippen LogP contribution in [0, 0.1) is 12.3 Å². The molecule has 0 aliphatic carbocycles. The lowest BCUT2D eigenvalue weighted by atomic mass is 10.3. The van der Waals surface area contributed by atoms with E-state index in [1.807, 2.05) is 6.92 Å². The van der Waals surface area contributed by atoms with E-state index in [-0.39, 0.29) is 6.54 Å².